The number of nitrogens with zero attached hydrogens (tertiary/aromatic N) is 1. The van der Waals surface area contributed by atoms with Gasteiger partial charge in [0.05, 0.1) is 6.42 Å². The van der Waals surface area contributed by atoms with Crippen molar-refractivity contribution in [1.82, 2.24) is 10.2 Å². The highest BCUT2D eigenvalue weighted by molar-refractivity contribution is 5.86. The molecule has 0 heterocycles. The molecule has 0 aliphatic carbocycles. The van der Waals surface area contributed by atoms with E-state index in [1.54, 1.807) is 7.05 Å². The van der Waals surface area contributed by atoms with Gasteiger partial charge in [0.2, 0.25) is 0 Å². The normalized spacial score (nSPS) is 13.5. The first-order valence-corrected chi connectivity index (χ1v) is 5.77. The summed E-state index contributed by atoms with van der Waals surface area (Å²) in [4.78, 5) is 34.4. The lowest BCUT2D eigenvalue weighted by Crippen LogP contribution is -2.49. The van der Waals surface area contributed by atoms with Crippen molar-refractivity contribution in [1.29, 1.82) is 0 Å². The fourth-order valence-electron chi connectivity index (χ4n) is 1.44. The molecule has 2 amide bonds. The maximum atomic E-state index is 11.7. The van der Waals surface area contributed by atoms with Gasteiger partial charge >= 0.3 is 18.0 Å². The van der Waals surface area contributed by atoms with E-state index in [4.69, 9.17) is 10.2 Å². The van der Waals surface area contributed by atoms with Crippen molar-refractivity contribution in [3.8, 4) is 0 Å². The zero-order valence-corrected chi connectivity index (χ0v) is 10.8. The highest BCUT2D eigenvalue weighted by Crippen LogP contribution is 2.05. The topological polar surface area (TPSA) is 107 Å². The van der Waals surface area contributed by atoms with E-state index >= 15 is 0 Å². The summed E-state index contributed by atoms with van der Waals surface area (Å²) < 4.78 is 0. The lowest BCUT2D eigenvalue weighted by atomic mass is 10.2. The molecule has 0 aromatic carbocycles. The number of carbonyl (C=O) groups excluding carboxylic acids is 1. The summed E-state index contributed by atoms with van der Waals surface area (Å²) in [5.41, 5.74) is 0. The highest BCUT2D eigenvalue weighted by atomic mass is 16.4. The zero-order chi connectivity index (χ0) is 14.3. The molecule has 18 heavy (non-hydrogen) atoms. The Bertz CT molecular complexity index is 319. The Balaban J connectivity index is 4.49. The van der Waals surface area contributed by atoms with Crippen LogP contribution in [-0.4, -0.2) is 52.2 Å². The quantitative estimate of drug-likeness (QED) is 0.626. The summed E-state index contributed by atoms with van der Waals surface area (Å²) in [5, 5.41) is 19.5. The van der Waals surface area contributed by atoms with E-state index in [0.717, 1.165) is 12.8 Å². The largest absolute Gasteiger partial charge is 0.481 e. The Kier molecular flexibility index (Phi) is 6.77. The number of carbonyl (C=O) groups is 3. The Morgan fingerprint density at radius 3 is 2.22 bits per heavy atom. The van der Waals surface area contributed by atoms with Crippen LogP contribution in [0.1, 0.15) is 33.1 Å². The van der Waals surface area contributed by atoms with Gasteiger partial charge in [-0.2, -0.15) is 0 Å². The predicted molar refractivity (Wildman–Crippen MR) is 64.3 cm³/mol. The number of carboxylic acids is 2. The molecule has 0 aromatic rings. The van der Waals surface area contributed by atoms with Crippen LogP contribution in [-0.2, 0) is 9.59 Å². The van der Waals surface area contributed by atoms with Gasteiger partial charge in [0.25, 0.3) is 0 Å². The van der Waals surface area contributed by atoms with E-state index in [1.165, 1.54) is 4.90 Å². The van der Waals surface area contributed by atoms with Crippen molar-refractivity contribution in [3.05, 3.63) is 0 Å². The average molecular weight is 260 g/mol. The minimum atomic E-state index is -1.41. The predicted octanol–water partition coefficient (Wildman–Crippen LogP) is 0.744. The van der Waals surface area contributed by atoms with Crippen LogP contribution in [0.15, 0.2) is 0 Å². The number of rotatable bonds is 7. The Morgan fingerprint density at radius 2 is 1.83 bits per heavy atom. The summed E-state index contributed by atoms with van der Waals surface area (Å²) >= 11 is 0. The van der Waals surface area contributed by atoms with Crippen LogP contribution in [0.5, 0.6) is 0 Å². The van der Waals surface area contributed by atoms with Gasteiger partial charge in [-0.15, -0.1) is 0 Å². The molecule has 3 N–H and O–H groups in total. The second-order valence-corrected chi connectivity index (χ2v) is 4.19. The third kappa shape index (κ3) is 5.51. The summed E-state index contributed by atoms with van der Waals surface area (Å²) in [6.07, 6.45) is 1.05. The molecular formula is C11H20N2O5. The monoisotopic (exact) mass is 260 g/mol. The molecule has 0 rings (SSSR count). The number of urea groups is 1. The molecule has 7 heteroatoms. The molecule has 2 atom stereocenters. The van der Waals surface area contributed by atoms with Crippen LogP contribution in [0.4, 0.5) is 4.79 Å². The molecule has 0 radical (unpaired) electrons. The molecule has 0 aliphatic heterocycles. The fourth-order valence-corrected chi connectivity index (χ4v) is 1.44. The second-order valence-electron chi connectivity index (χ2n) is 4.19. The van der Waals surface area contributed by atoms with E-state index in [2.05, 4.69) is 5.32 Å². The van der Waals surface area contributed by atoms with Crippen molar-refractivity contribution in [2.24, 2.45) is 0 Å². The molecule has 1 unspecified atom stereocenters. The molecule has 0 aliphatic rings. The third-order valence-electron chi connectivity index (χ3n) is 2.66. The van der Waals surface area contributed by atoms with Crippen LogP contribution in [0.25, 0.3) is 0 Å². The number of amides is 2. The molecule has 0 spiro atoms. The molecule has 104 valence electrons. The summed E-state index contributed by atoms with van der Waals surface area (Å²) in [7, 11) is 1.55. The highest BCUT2D eigenvalue weighted by Gasteiger charge is 2.25. The number of aliphatic carboxylic acids is 2. The van der Waals surface area contributed by atoms with Gasteiger partial charge in [0.1, 0.15) is 6.04 Å². The van der Waals surface area contributed by atoms with E-state index in [-0.39, 0.29) is 6.04 Å². The maximum absolute atomic E-state index is 11.7. The van der Waals surface area contributed by atoms with Crippen LogP contribution < -0.4 is 5.32 Å². The van der Waals surface area contributed by atoms with Gasteiger partial charge in [-0.1, -0.05) is 13.3 Å². The minimum Gasteiger partial charge on any atom is -0.481 e. The Hall–Kier alpha value is -1.79. The van der Waals surface area contributed by atoms with Crippen LogP contribution in [0.3, 0.4) is 0 Å². The molecule has 0 saturated carbocycles. The molecule has 7 nitrogen and oxygen atoms in total. The fraction of sp³-hybridized carbons (Fsp3) is 0.727. The number of hydrogen-bond acceptors (Lipinski definition) is 3. The van der Waals surface area contributed by atoms with Crippen molar-refractivity contribution < 1.29 is 24.6 Å². The van der Waals surface area contributed by atoms with Gasteiger partial charge in [0.15, 0.2) is 0 Å². The summed E-state index contributed by atoms with van der Waals surface area (Å²) in [6, 6.07) is -2.02. The average Bonchev–Trinajstić information content (AvgIpc) is 2.26. The third-order valence-corrected chi connectivity index (χ3v) is 2.66. The lowest BCUT2D eigenvalue weighted by molar-refractivity contribution is -0.145. The van der Waals surface area contributed by atoms with E-state index in [0.29, 0.717) is 0 Å². The SMILES string of the molecule is CCCC(C)N(C)C(=O)N[C@H](CC(=O)O)C(=O)O. The van der Waals surface area contributed by atoms with Gasteiger partial charge in [-0.3, -0.25) is 4.79 Å². The molecular weight excluding hydrogens is 240 g/mol. The van der Waals surface area contributed by atoms with E-state index in [1.807, 2.05) is 13.8 Å². The first-order chi connectivity index (χ1) is 8.29. The Morgan fingerprint density at radius 1 is 1.28 bits per heavy atom. The summed E-state index contributed by atoms with van der Waals surface area (Å²) in [5.74, 6) is -2.63. The van der Waals surface area contributed by atoms with Gasteiger partial charge < -0.3 is 20.4 Å². The molecule has 0 fully saturated rings. The molecule has 0 aromatic heterocycles. The lowest BCUT2D eigenvalue weighted by Gasteiger charge is -2.26. The number of nitrogens with one attached hydrogen (secondary N) is 1. The van der Waals surface area contributed by atoms with Crippen molar-refractivity contribution in [2.45, 2.75) is 45.2 Å². The van der Waals surface area contributed by atoms with E-state index in [9.17, 15) is 14.4 Å². The molecule has 0 saturated heterocycles. The standard InChI is InChI=1S/C11H20N2O5/c1-4-5-7(2)13(3)11(18)12-8(10(16)17)6-9(14)15/h7-8H,4-6H2,1-3H3,(H,12,18)(H,14,15)(H,16,17)/t7?,8-/m1/s1. The minimum absolute atomic E-state index is 0.0331. The second kappa shape index (κ2) is 7.52. The van der Waals surface area contributed by atoms with Crippen LogP contribution in [0.2, 0.25) is 0 Å². The van der Waals surface area contributed by atoms with Gasteiger partial charge in [-0.25, -0.2) is 9.59 Å². The van der Waals surface area contributed by atoms with Crippen molar-refractivity contribution in [2.75, 3.05) is 7.05 Å². The smallest absolute Gasteiger partial charge is 0.326 e. The first-order valence-electron chi connectivity index (χ1n) is 5.77. The molecule has 0 bridgehead atoms. The Labute approximate surface area is 106 Å². The number of carboxylic acid groups (broad SMARTS) is 2. The maximum Gasteiger partial charge on any atom is 0.326 e. The first kappa shape index (κ1) is 16.2. The van der Waals surface area contributed by atoms with Crippen molar-refractivity contribution in [3.63, 3.8) is 0 Å². The van der Waals surface area contributed by atoms with Crippen LogP contribution >= 0.6 is 0 Å². The van der Waals surface area contributed by atoms with E-state index < -0.39 is 30.4 Å². The number of hydrogen-bond donors (Lipinski definition) is 3. The summed E-state index contributed by atoms with van der Waals surface area (Å²) in [6.45, 7) is 3.82. The van der Waals surface area contributed by atoms with Crippen LogP contribution in [0, 0.1) is 0 Å². The zero-order valence-electron chi connectivity index (χ0n) is 10.8. The van der Waals surface area contributed by atoms with Gasteiger partial charge in [0, 0.05) is 13.1 Å². The van der Waals surface area contributed by atoms with Gasteiger partial charge in [-0.05, 0) is 13.3 Å². The van der Waals surface area contributed by atoms with Crippen molar-refractivity contribution >= 4 is 18.0 Å².